The summed E-state index contributed by atoms with van der Waals surface area (Å²) < 4.78 is 10.6. The maximum Gasteiger partial charge on any atom is 0.287 e. The van der Waals surface area contributed by atoms with Crippen LogP contribution in [0, 0.1) is 0 Å². The molecule has 0 radical (unpaired) electrons. The molecule has 2 aromatic carbocycles. The molecule has 1 atom stereocenters. The molecule has 0 fully saturated rings. The number of nitrogens with one attached hydrogen (secondary N) is 1. The lowest BCUT2D eigenvalue weighted by Gasteiger charge is -2.14. The van der Waals surface area contributed by atoms with Gasteiger partial charge in [-0.1, -0.05) is 47.1 Å². The average Bonchev–Trinajstić information content (AvgIpc) is 3.41. The van der Waals surface area contributed by atoms with Crippen molar-refractivity contribution in [2.75, 3.05) is 0 Å². The van der Waals surface area contributed by atoms with Crippen LogP contribution in [0.2, 0.25) is 5.02 Å². The largest absolute Gasteiger partial charge is 0.459 e. The molecule has 0 aliphatic rings. The molecule has 28 heavy (non-hydrogen) atoms. The summed E-state index contributed by atoms with van der Waals surface area (Å²) in [5.41, 5.74) is 1.80. The van der Waals surface area contributed by atoms with Gasteiger partial charge in [0.1, 0.15) is 6.04 Å². The lowest BCUT2D eigenvalue weighted by molar-refractivity contribution is 0.0900. The first-order valence-electron chi connectivity index (χ1n) is 8.67. The molecule has 0 bridgehead atoms. The number of aromatic nitrogens is 2. The third-order valence-electron chi connectivity index (χ3n) is 4.18. The molecule has 4 aromatic rings. The number of halogens is 1. The van der Waals surface area contributed by atoms with Crippen LogP contribution in [0.5, 0.6) is 0 Å². The van der Waals surface area contributed by atoms with Crippen LogP contribution in [0.3, 0.4) is 0 Å². The van der Waals surface area contributed by atoms with Gasteiger partial charge in [0.15, 0.2) is 5.76 Å². The van der Waals surface area contributed by atoms with Crippen molar-refractivity contribution in [3.05, 3.63) is 95.2 Å². The van der Waals surface area contributed by atoms with E-state index in [-0.39, 0.29) is 11.7 Å². The van der Waals surface area contributed by atoms with Crippen LogP contribution in [-0.2, 0) is 6.42 Å². The highest BCUT2D eigenvalue weighted by Crippen LogP contribution is 2.23. The summed E-state index contributed by atoms with van der Waals surface area (Å²) in [7, 11) is 0. The van der Waals surface area contributed by atoms with Gasteiger partial charge in [0.2, 0.25) is 11.7 Å². The molecule has 0 saturated carbocycles. The van der Waals surface area contributed by atoms with Gasteiger partial charge in [-0.05, 0) is 42.0 Å². The number of amides is 1. The molecule has 140 valence electrons. The van der Waals surface area contributed by atoms with E-state index >= 15 is 0 Å². The fourth-order valence-corrected chi connectivity index (χ4v) is 2.91. The molecule has 1 amide bonds. The predicted octanol–water partition coefficient (Wildman–Crippen LogP) is 4.70. The second-order valence-corrected chi connectivity index (χ2v) is 6.59. The first-order chi connectivity index (χ1) is 13.7. The number of furan rings is 1. The molecule has 6 nitrogen and oxygen atoms in total. The molecular formula is C21H16ClN3O3. The van der Waals surface area contributed by atoms with E-state index in [4.69, 9.17) is 20.5 Å². The zero-order valence-corrected chi connectivity index (χ0v) is 15.5. The maximum absolute atomic E-state index is 12.5. The second kappa shape index (κ2) is 8.10. The summed E-state index contributed by atoms with van der Waals surface area (Å²) in [5.74, 6) is 0.610. The van der Waals surface area contributed by atoms with E-state index in [0.717, 1.165) is 11.1 Å². The molecule has 0 saturated heterocycles. The van der Waals surface area contributed by atoms with Crippen LogP contribution in [0.15, 0.2) is 81.9 Å². The number of hydrogen-bond acceptors (Lipinski definition) is 5. The van der Waals surface area contributed by atoms with Crippen LogP contribution in [-0.4, -0.2) is 16.0 Å². The predicted molar refractivity (Wildman–Crippen MR) is 104 cm³/mol. The van der Waals surface area contributed by atoms with Crippen LogP contribution < -0.4 is 5.32 Å². The van der Waals surface area contributed by atoms with E-state index < -0.39 is 6.04 Å². The minimum absolute atomic E-state index is 0.218. The summed E-state index contributed by atoms with van der Waals surface area (Å²) in [6.45, 7) is 0. The lowest BCUT2D eigenvalue weighted by Crippen LogP contribution is -2.30. The molecule has 0 aliphatic carbocycles. The SMILES string of the molecule is O=C(N[C@H](Cc1ccccc1)c1nc(-c2ccc(Cl)cc2)no1)c1ccco1. The second-order valence-electron chi connectivity index (χ2n) is 6.16. The third-order valence-corrected chi connectivity index (χ3v) is 4.43. The minimum atomic E-state index is -0.506. The highest BCUT2D eigenvalue weighted by Gasteiger charge is 2.24. The Kier molecular flexibility index (Phi) is 5.21. The van der Waals surface area contributed by atoms with E-state index in [1.165, 1.54) is 6.26 Å². The number of carbonyl (C=O) groups excluding carboxylic acids is 1. The molecule has 0 aliphatic heterocycles. The fourth-order valence-electron chi connectivity index (χ4n) is 2.78. The quantitative estimate of drug-likeness (QED) is 0.513. The summed E-state index contributed by atoms with van der Waals surface area (Å²) in [5, 5.41) is 7.58. The highest BCUT2D eigenvalue weighted by molar-refractivity contribution is 6.30. The van der Waals surface area contributed by atoms with Crippen LogP contribution in [0.1, 0.15) is 28.1 Å². The molecule has 0 spiro atoms. The van der Waals surface area contributed by atoms with Gasteiger partial charge in [-0.3, -0.25) is 4.79 Å². The Morgan fingerprint density at radius 1 is 1.04 bits per heavy atom. The van der Waals surface area contributed by atoms with Crippen molar-refractivity contribution < 1.29 is 13.7 Å². The molecule has 1 N–H and O–H groups in total. The van der Waals surface area contributed by atoms with Gasteiger partial charge < -0.3 is 14.3 Å². The van der Waals surface area contributed by atoms with Crippen molar-refractivity contribution >= 4 is 17.5 Å². The number of carbonyl (C=O) groups is 1. The van der Waals surface area contributed by atoms with Gasteiger partial charge in [-0.25, -0.2) is 0 Å². The van der Waals surface area contributed by atoms with Crippen LogP contribution in [0.25, 0.3) is 11.4 Å². The van der Waals surface area contributed by atoms with Gasteiger partial charge in [0.05, 0.1) is 6.26 Å². The number of rotatable bonds is 6. The summed E-state index contributed by atoms with van der Waals surface area (Å²) in [6, 6.07) is 19.6. The maximum atomic E-state index is 12.5. The van der Waals surface area contributed by atoms with E-state index in [9.17, 15) is 4.79 Å². The lowest BCUT2D eigenvalue weighted by atomic mass is 10.1. The smallest absolute Gasteiger partial charge is 0.287 e. The van der Waals surface area contributed by atoms with Crippen molar-refractivity contribution in [2.45, 2.75) is 12.5 Å². The normalized spacial score (nSPS) is 11.9. The summed E-state index contributed by atoms with van der Waals surface area (Å²) in [6.07, 6.45) is 1.95. The Labute approximate surface area is 166 Å². The van der Waals surface area contributed by atoms with Crippen LogP contribution in [0.4, 0.5) is 0 Å². The number of benzene rings is 2. The van der Waals surface area contributed by atoms with Crippen molar-refractivity contribution in [2.24, 2.45) is 0 Å². The summed E-state index contributed by atoms with van der Waals surface area (Å²) in [4.78, 5) is 17.0. The third kappa shape index (κ3) is 4.13. The first-order valence-corrected chi connectivity index (χ1v) is 9.04. The summed E-state index contributed by atoms with van der Waals surface area (Å²) >= 11 is 5.93. The van der Waals surface area contributed by atoms with Crippen molar-refractivity contribution in [1.29, 1.82) is 0 Å². The Morgan fingerprint density at radius 3 is 2.54 bits per heavy atom. The van der Waals surface area contributed by atoms with Crippen LogP contribution >= 0.6 is 11.6 Å². The van der Waals surface area contributed by atoms with Crippen molar-refractivity contribution in [3.63, 3.8) is 0 Å². The molecular weight excluding hydrogens is 378 g/mol. The van der Waals surface area contributed by atoms with Gasteiger partial charge in [-0.15, -0.1) is 0 Å². The Morgan fingerprint density at radius 2 is 1.82 bits per heavy atom. The van der Waals surface area contributed by atoms with E-state index in [1.807, 2.05) is 42.5 Å². The zero-order chi connectivity index (χ0) is 19.3. The van der Waals surface area contributed by atoms with Gasteiger partial charge >= 0.3 is 0 Å². The molecule has 2 heterocycles. The Balaban J connectivity index is 1.61. The highest BCUT2D eigenvalue weighted by atomic mass is 35.5. The fraction of sp³-hybridized carbons (Fsp3) is 0.0952. The van der Waals surface area contributed by atoms with Crippen molar-refractivity contribution in [1.82, 2.24) is 15.5 Å². The minimum Gasteiger partial charge on any atom is -0.459 e. The van der Waals surface area contributed by atoms with E-state index in [1.54, 1.807) is 24.3 Å². The average molecular weight is 394 g/mol. The molecule has 7 heteroatoms. The van der Waals surface area contributed by atoms with Crippen molar-refractivity contribution in [3.8, 4) is 11.4 Å². The standard InChI is InChI=1S/C21H16ClN3O3/c22-16-10-8-15(9-11-16)19-24-21(28-25-19)17(13-14-5-2-1-3-6-14)23-20(26)18-7-4-12-27-18/h1-12,17H,13H2,(H,23,26)/t17-/m1/s1. The molecule has 0 unspecified atom stereocenters. The van der Waals surface area contributed by atoms with Gasteiger partial charge in [0, 0.05) is 17.0 Å². The molecule has 4 rings (SSSR count). The van der Waals surface area contributed by atoms with Gasteiger partial charge in [-0.2, -0.15) is 4.98 Å². The van der Waals surface area contributed by atoms with E-state index in [0.29, 0.717) is 23.2 Å². The first kappa shape index (κ1) is 18.0. The van der Waals surface area contributed by atoms with Gasteiger partial charge in [0.25, 0.3) is 5.91 Å². The monoisotopic (exact) mass is 393 g/mol. The number of hydrogen-bond donors (Lipinski definition) is 1. The zero-order valence-electron chi connectivity index (χ0n) is 14.7. The topological polar surface area (TPSA) is 81.2 Å². The number of nitrogens with zero attached hydrogens (tertiary/aromatic N) is 2. The Hall–Kier alpha value is -3.38. The Bertz CT molecular complexity index is 1040. The molecule has 2 aromatic heterocycles. The van der Waals surface area contributed by atoms with E-state index in [2.05, 4.69) is 15.5 Å².